The van der Waals surface area contributed by atoms with E-state index < -0.39 is 11.6 Å². The third-order valence-corrected chi connectivity index (χ3v) is 5.83. The number of hydrogen-bond donors (Lipinski definition) is 3. The molecule has 0 spiro atoms. The van der Waals surface area contributed by atoms with Crippen LogP contribution in [0.5, 0.6) is 0 Å². The van der Waals surface area contributed by atoms with E-state index in [0.29, 0.717) is 23.4 Å². The topological polar surface area (TPSA) is 107 Å². The molecule has 1 heterocycles. The molecule has 1 aliphatic carbocycles. The van der Waals surface area contributed by atoms with Crippen LogP contribution in [-0.4, -0.2) is 21.9 Å². The highest BCUT2D eigenvalue weighted by Crippen LogP contribution is 2.35. The molecule has 2 aromatic rings. The van der Waals surface area contributed by atoms with E-state index in [-0.39, 0.29) is 34.8 Å². The molecular formula is C24H29F2N5O. The van der Waals surface area contributed by atoms with Crippen molar-refractivity contribution in [2.45, 2.75) is 57.9 Å². The molecule has 1 aromatic carbocycles. The third-order valence-electron chi connectivity index (χ3n) is 5.83. The number of carbonyl (C=O) groups excluding carboxylic acids is 1. The summed E-state index contributed by atoms with van der Waals surface area (Å²) in [7, 11) is 0. The van der Waals surface area contributed by atoms with Crippen LogP contribution in [-0.2, 0) is 0 Å². The zero-order valence-electron chi connectivity index (χ0n) is 18.4. The van der Waals surface area contributed by atoms with Crippen LogP contribution < -0.4 is 16.8 Å². The SMILES string of the molecule is CCC(CC)NC(=O)c1cncc(C2CCCC(/C=C(\N)c3c(F)cccc3F)=C2N)n1. The summed E-state index contributed by atoms with van der Waals surface area (Å²) in [5, 5.41) is 2.96. The molecule has 5 N–H and O–H groups in total. The number of carbonyl (C=O) groups is 1. The molecule has 0 saturated heterocycles. The Hall–Kier alpha value is -3.29. The number of nitrogens with two attached hydrogens (primary N) is 2. The molecule has 3 rings (SSSR count). The first-order chi connectivity index (χ1) is 15.3. The summed E-state index contributed by atoms with van der Waals surface area (Å²) in [6.07, 6.45) is 8.35. The van der Waals surface area contributed by atoms with Crippen LogP contribution in [0.1, 0.15) is 73.6 Å². The quantitative estimate of drug-likeness (QED) is 0.598. The van der Waals surface area contributed by atoms with Crippen molar-refractivity contribution in [2.24, 2.45) is 11.5 Å². The summed E-state index contributed by atoms with van der Waals surface area (Å²) in [6, 6.07) is 3.69. The number of aromatic nitrogens is 2. The van der Waals surface area contributed by atoms with Gasteiger partial charge in [-0.1, -0.05) is 19.9 Å². The first-order valence-electron chi connectivity index (χ1n) is 10.9. The minimum Gasteiger partial charge on any atom is -0.401 e. The van der Waals surface area contributed by atoms with Crippen molar-refractivity contribution < 1.29 is 13.6 Å². The van der Waals surface area contributed by atoms with Gasteiger partial charge in [-0.25, -0.2) is 13.8 Å². The maximum atomic E-state index is 14.1. The number of benzene rings is 1. The Balaban J connectivity index is 1.90. The molecule has 0 saturated carbocycles. The van der Waals surface area contributed by atoms with Crippen LogP contribution in [0.4, 0.5) is 8.78 Å². The fourth-order valence-corrected chi connectivity index (χ4v) is 3.93. The summed E-state index contributed by atoms with van der Waals surface area (Å²) in [4.78, 5) is 21.3. The van der Waals surface area contributed by atoms with Crippen molar-refractivity contribution in [2.75, 3.05) is 0 Å². The number of nitrogens with zero attached hydrogens (tertiary/aromatic N) is 2. The number of allylic oxidation sites excluding steroid dienone is 3. The predicted octanol–water partition coefficient (Wildman–Crippen LogP) is 4.15. The van der Waals surface area contributed by atoms with Gasteiger partial charge in [0.2, 0.25) is 0 Å². The highest BCUT2D eigenvalue weighted by Gasteiger charge is 2.25. The van der Waals surface area contributed by atoms with Crippen LogP contribution in [0.2, 0.25) is 0 Å². The molecule has 1 aliphatic rings. The Morgan fingerprint density at radius 2 is 1.94 bits per heavy atom. The van der Waals surface area contributed by atoms with E-state index in [0.717, 1.165) is 37.8 Å². The minimum absolute atomic E-state index is 0.0245. The van der Waals surface area contributed by atoms with E-state index in [9.17, 15) is 13.6 Å². The van der Waals surface area contributed by atoms with Gasteiger partial charge in [-0.15, -0.1) is 0 Å². The molecule has 0 radical (unpaired) electrons. The summed E-state index contributed by atoms with van der Waals surface area (Å²) in [5.41, 5.74) is 14.2. The number of amides is 1. The van der Waals surface area contributed by atoms with Crippen molar-refractivity contribution in [3.05, 3.63) is 76.5 Å². The van der Waals surface area contributed by atoms with Gasteiger partial charge >= 0.3 is 0 Å². The molecule has 170 valence electrons. The first-order valence-corrected chi connectivity index (χ1v) is 10.9. The fourth-order valence-electron chi connectivity index (χ4n) is 3.93. The summed E-state index contributed by atoms with van der Waals surface area (Å²) in [5.74, 6) is -1.99. The summed E-state index contributed by atoms with van der Waals surface area (Å²) >= 11 is 0. The molecule has 0 aliphatic heterocycles. The van der Waals surface area contributed by atoms with E-state index in [4.69, 9.17) is 11.5 Å². The standard InChI is InChI=1S/C24H29F2N5O/c1-3-15(4-2)30-24(32)21-13-29-12-20(31-21)16-8-5-7-14(23(16)28)11-19(27)22-17(25)9-6-10-18(22)26/h6,9-13,15-16H,3-5,7-8,27-28H2,1-2H3,(H,30,32)/b19-11-. The summed E-state index contributed by atoms with van der Waals surface area (Å²) in [6.45, 7) is 4.02. The number of halogens is 2. The smallest absolute Gasteiger partial charge is 0.271 e. The number of nitrogens with one attached hydrogen (secondary N) is 1. The monoisotopic (exact) mass is 441 g/mol. The molecule has 1 amide bonds. The van der Waals surface area contributed by atoms with Gasteiger partial charge in [0.1, 0.15) is 17.3 Å². The Labute approximate surface area is 186 Å². The second-order valence-electron chi connectivity index (χ2n) is 7.94. The minimum atomic E-state index is -0.729. The Kier molecular flexibility index (Phi) is 7.56. The lowest BCUT2D eigenvalue weighted by atomic mass is 9.84. The lowest BCUT2D eigenvalue weighted by Gasteiger charge is -2.25. The molecule has 0 bridgehead atoms. The van der Waals surface area contributed by atoms with Crippen molar-refractivity contribution >= 4 is 11.6 Å². The average molecular weight is 442 g/mol. The zero-order chi connectivity index (χ0) is 23.3. The lowest BCUT2D eigenvalue weighted by Crippen LogP contribution is -2.34. The molecule has 1 aromatic heterocycles. The molecular weight excluding hydrogens is 412 g/mol. The van der Waals surface area contributed by atoms with E-state index >= 15 is 0 Å². The second-order valence-corrected chi connectivity index (χ2v) is 7.94. The molecule has 32 heavy (non-hydrogen) atoms. The highest BCUT2D eigenvalue weighted by atomic mass is 19.1. The van der Waals surface area contributed by atoms with Gasteiger partial charge in [-0.3, -0.25) is 9.78 Å². The zero-order valence-corrected chi connectivity index (χ0v) is 18.4. The van der Waals surface area contributed by atoms with Crippen LogP contribution in [0.3, 0.4) is 0 Å². The van der Waals surface area contributed by atoms with Crippen LogP contribution >= 0.6 is 0 Å². The highest BCUT2D eigenvalue weighted by molar-refractivity contribution is 5.92. The Morgan fingerprint density at radius 3 is 2.59 bits per heavy atom. The van der Waals surface area contributed by atoms with E-state index in [1.54, 1.807) is 6.20 Å². The average Bonchev–Trinajstić information content (AvgIpc) is 2.78. The molecule has 1 atom stereocenters. The van der Waals surface area contributed by atoms with Crippen molar-refractivity contribution in [3.63, 3.8) is 0 Å². The van der Waals surface area contributed by atoms with Gasteiger partial charge in [0.25, 0.3) is 5.91 Å². The van der Waals surface area contributed by atoms with E-state index in [1.807, 2.05) is 13.8 Å². The van der Waals surface area contributed by atoms with Crippen LogP contribution in [0.25, 0.3) is 5.70 Å². The first kappa shape index (κ1) is 23.4. The van der Waals surface area contributed by atoms with Gasteiger partial charge in [-0.2, -0.15) is 0 Å². The number of rotatable bonds is 7. The Bertz CT molecular complexity index is 1030. The van der Waals surface area contributed by atoms with Crippen molar-refractivity contribution in [1.82, 2.24) is 15.3 Å². The lowest BCUT2D eigenvalue weighted by molar-refractivity contribution is 0.0929. The molecule has 6 nitrogen and oxygen atoms in total. The molecule has 8 heteroatoms. The van der Waals surface area contributed by atoms with Gasteiger partial charge in [-0.05, 0) is 55.9 Å². The van der Waals surface area contributed by atoms with Gasteiger partial charge in [0.05, 0.1) is 17.5 Å². The van der Waals surface area contributed by atoms with Gasteiger partial charge < -0.3 is 16.8 Å². The molecule has 1 unspecified atom stereocenters. The number of hydrogen-bond acceptors (Lipinski definition) is 5. The van der Waals surface area contributed by atoms with Crippen LogP contribution in [0, 0.1) is 11.6 Å². The second kappa shape index (κ2) is 10.3. The van der Waals surface area contributed by atoms with E-state index in [1.165, 1.54) is 18.3 Å². The van der Waals surface area contributed by atoms with Crippen molar-refractivity contribution in [1.29, 1.82) is 0 Å². The van der Waals surface area contributed by atoms with Gasteiger partial charge in [0.15, 0.2) is 0 Å². The maximum absolute atomic E-state index is 14.1. The Morgan fingerprint density at radius 1 is 1.25 bits per heavy atom. The normalized spacial score (nSPS) is 17.0. The maximum Gasteiger partial charge on any atom is 0.271 e. The van der Waals surface area contributed by atoms with E-state index in [2.05, 4.69) is 15.3 Å². The summed E-state index contributed by atoms with van der Waals surface area (Å²) < 4.78 is 28.2. The molecule has 0 fully saturated rings. The largest absolute Gasteiger partial charge is 0.401 e. The predicted molar refractivity (Wildman–Crippen MR) is 120 cm³/mol. The third kappa shape index (κ3) is 5.12. The van der Waals surface area contributed by atoms with Crippen LogP contribution in [0.15, 0.2) is 47.9 Å². The van der Waals surface area contributed by atoms with Crippen molar-refractivity contribution in [3.8, 4) is 0 Å². The van der Waals surface area contributed by atoms with Gasteiger partial charge in [0, 0.05) is 29.6 Å². The fraction of sp³-hybridized carbons (Fsp3) is 0.375.